The van der Waals surface area contributed by atoms with E-state index in [9.17, 15) is 4.79 Å². The van der Waals surface area contributed by atoms with Gasteiger partial charge in [0.25, 0.3) is 5.91 Å². The Labute approximate surface area is 113 Å². The molecule has 0 bridgehead atoms. The third-order valence-electron chi connectivity index (χ3n) is 3.84. The third-order valence-corrected chi connectivity index (χ3v) is 3.84. The van der Waals surface area contributed by atoms with Crippen molar-refractivity contribution in [1.29, 1.82) is 0 Å². The normalized spacial score (nSPS) is 26.5. The predicted molar refractivity (Wildman–Crippen MR) is 75.5 cm³/mol. The summed E-state index contributed by atoms with van der Waals surface area (Å²) in [6.07, 6.45) is 2.72. The average molecular weight is 260 g/mol. The van der Waals surface area contributed by atoms with Gasteiger partial charge in [-0.25, -0.2) is 0 Å². The summed E-state index contributed by atoms with van der Waals surface area (Å²) >= 11 is 0. The third kappa shape index (κ3) is 2.45. The van der Waals surface area contributed by atoms with Crippen molar-refractivity contribution in [1.82, 2.24) is 0 Å². The lowest BCUT2D eigenvalue weighted by atomic mass is 10.1. The van der Waals surface area contributed by atoms with Gasteiger partial charge < -0.3 is 15.0 Å². The number of nitrogens with zero attached hydrogens (tertiary/aromatic N) is 1. The molecular formula is C15H20N2O2. The Morgan fingerprint density at radius 1 is 1.37 bits per heavy atom. The Kier molecular flexibility index (Phi) is 3.42. The number of amides is 1. The largest absolute Gasteiger partial charge is 0.383 e. The maximum absolute atomic E-state index is 12.6. The van der Waals surface area contributed by atoms with Crippen molar-refractivity contribution >= 4 is 17.3 Å². The van der Waals surface area contributed by atoms with Crippen molar-refractivity contribution in [2.75, 3.05) is 23.3 Å². The van der Waals surface area contributed by atoms with Crippen LogP contribution in [0.2, 0.25) is 0 Å². The zero-order valence-electron chi connectivity index (χ0n) is 11.3. The summed E-state index contributed by atoms with van der Waals surface area (Å²) < 4.78 is 5.72. The molecule has 4 nitrogen and oxygen atoms in total. The van der Waals surface area contributed by atoms with Crippen LogP contribution in [0.15, 0.2) is 24.3 Å². The number of fused-ring (bicyclic) bond motifs is 1. The number of carbonyl (C=O) groups is 1. The number of nitrogens with one attached hydrogen (secondary N) is 1. The first-order valence-corrected chi connectivity index (χ1v) is 7.05. The molecule has 3 rings (SSSR count). The maximum Gasteiger partial charge on any atom is 0.256 e. The van der Waals surface area contributed by atoms with E-state index in [0.717, 1.165) is 43.7 Å². The monoisotopic (exact) mass is 260 g/mol. The fourth-order valence-electron chi connectivity index (χ4n) is 2.83. The zero-order chi connectivity index (χ0) is 13.2. The second-order valence-electron chi connectivity index (χ2n) is 5.30. The van der Waals surface area contributed by atoms with Crippen LogP contribution in [-0.2, 0) is 9.53 Å². The van der Waals surface area contributed by atoms with Crippen molar-refractivity contribution in [2.45, 2.75) is 38.4 Å². The highest BCUT2D eigenvalue weighted by Crippen LogP contribution is 2.30. The lowest BCUT2D eigenvalue weighted by Crippen LogP contribution is -2.39. The van der Waals surface area contributed by atoms with Crippen molar-refractivity contribution in [2.24, 2.45) is 0 Å². The number of rotatable bonds is 1. The van der Waals surface area contributed by atoms with Gasteiger partial charge in [0.05, 0.1) is 17.5 Å². The van der Waals surface area contributed by atoms with Crippen molar-refractivity contribution < 1.29 is 9.53 Å². The Morgan fingerprint density at radius 2 is 2.21 bits per heavy atom. The quantitative estimate of drug-likeness (QED) is 0.843. The Hall–Kier alpha value is -1.55. The summed E-state index contributed by atoms with van der Waals surface area (Å²) in [5, 5.41) is 3.37. The summed E-state index contributed by atoms with van der Waals surface area (Å²) in [6, 6.07) is 8.00. The summed E-state index contributed by atoms with van der Waals surface area (Å²) in [7, 11) is 0. The van der Waals surface area contributed by atoms with Crippen LogP contribution in [0.1, 0.15) is 26.2 Å². The first-order valence-electron chi connectivity index (χ1n) is 7.05. The first kappa shape index (κ1) is 12.5. The zero-order valence-corrected chi connectivity index (χ0v) is 11.3. The first-order chi connectivity index (χ1) is 9.25. The molecule has 1 aromatic carbocycles. The van der Waals surface area contributed by atoms with Crippen LogP contribution in [0, 0.1) is 0 Å². The van der Waals surface area contributed by atoms with Gasteiger partial charge in [0.2, 0.25) is 0 Å². The highest BCUT2D eigenvalue weighted by molar-refractivity contribution is 5.99. The standard InChI is InChI=1S/C15H20N2O2/c1-11-7-8-14(19-11)15(18)17-10-4-9-16-12-5-2-3-6-13(12)17/h2-3,5-6,11,14,16H,4,7-10H2,1H3. The van der Waals surface area contributed by atoms with Gasteiger partial charge in [-0.2, -0.15) is 0 Å². The summed E-state index contributed by atoms with van der Waals surface area (Å²) in [6.45, 7) is 3.70. The number of hydrogen-bond donors (Lipinski definition) is 1. The summed E-state index contributed by atoms with van der Waals surface area (Å²) in [5.41, 5.74) is 2.02. The molecule has 1 saturated heterocycles. The highest BCUT2D eigenvalue weighted by atomic mass is 16.5. The molecule has 102 valence electrons. The van der Waals surface area contributed by atoms with Crippen molar-refractivity contribution in [3.05, 3.63) is 24.3 Å². The van der Waals surface area contributed by atoms with Gasteiger partial charge in [-0.15, -0.1) is 0 Å². The lowest BCUT2D eigenvalue weighted by Gasteiger charge is -2.25. The smallest absolute Gasteiger partial charge is 0.256 e. The van der Waals surface area contributed by atoms with E-state index in [1.165, 1.54) is 0 Å². The predicted octanol–water partition coefficient (Wildman–Crippen LogP) is 2.40. The topological polar surface area (TPSA) is 41.6 Å². The van der Waals surface area contributed by atoms with E-state index >= 15 is 0 Å². The summed E-state index contributed by atoms with van der Waals surface area (Å²) in [4.78, 5) is 14.5. The molecule has 19 heavy (non-hydrogen) atoms. The second-order valence-corrected chi connectivity index (χ2v) is 5.30. The molecular weight excluding hydrogens is 240 g/mol. The van der Waals surface area contributed by atoms with Crippen molar-refractivity contribution in [3.63, 3.8) is 0 Å². The van der Waals surface area contributed by atoms with Gasteiger partial charge in [0.15, 0.2) is 0 Å². The molecule has 0 spiro atoms. The van der Waals surface area contributed by atoms with Gasteiger partial charge >= 0.3 is 0 Å². The molecule has 2 aliphatic heterocycles. The van der Waals surface area contributed by atoms with Crippen LogP contribution >= 0.6 is 0 Å². The second kappa shape index (κ2) is 5.21. The molecule has 2 aliphatic rings. The van der Waals surface area contributed by atoms with Crippen LogP contribution in [0.5, 0.6) is 0 Å². The number of ether oxygens (including phenoxy) is 1. The fourth-order valence-corrected chi connectivity index (χ4v) is 2.83. The minimum Gasteiger partial charge on any atom is -0.383 e. The molecule has 1 aromatic rings. The molecule has 0 saturated carbocycles. The van der Waals surface area contributed by atoms with Crippen LogP contribution < -0.4 is 10.2 Å². The Morgan fingerprint density at radius 3 is 3.00 bits per heavy atom. The molecule has 2 unspecified atom stereocenters. The molecule has 2 atom stereocenters. The average Bonchev–Trinajstić information content (AvgIpc) is 2.74. The van der Waals surface area contributed by atoms with Crippen molar-refractivity contribution in [3.8, 4) is 0 Å². The number of hydrogen-bond acceptors (Lipinski definition) is 3. The molecule has 1 amide bonds. The lowest BCUT2D eigenvalue weighted by molar-refractivity contribution is -0.129. The summed E-state index contributed by atoms with van der Waals surface area (Å²) in [5.74, 6) is 0.112. The molecule has 0 aromatic heterocycles. The number of para-hydroxylation sites is 2. The van der Waals surface area contributed by atoms with E-state index in [0.29, 0.717) is 0 Å². The fraction of sp³-hybridized carbons (Fsp3) is 0.533. The Balaban J connectivity index is 1.85. The highest BCUT2D eigenvalue weighted by Gasteiger charge is 2.33. The Bertz CT molecular complexity index is 475. The van der Waals surface area contributed by atoms with Crippen LogP contribution in [0.4, 0.5) is 11.4 Å². The van der Waals surface area contributed by atoms with E-state index in [1.807, 2.05) is 36.1 Å². The van der Waals surface area contributed by atoms with Crippen LogP contribution in [-0.4, -0.2) is 31.2 Å². The van der Waals surface area contributed by atoms with Gasteiger partial charge in [-0.3, -0.25) is 4.79 Å². The van der Waals surface area contributed by atoms with E-state index in [-0.39, 0.29) is 18.1 Å². The molecule has 2 heterocycles. The molecule has 1 fully saturated rings. The molecule has 4 heteroatoms. The van der Waals surface area contributed by atoms with Gasteiger partial charge in [0, 0.05) is 13.1 Å². The number of benzene rings is 1. The SMILES string of the molecule is CC1CCC(C(=O)N2CCCNc3ccccc32)O1. The molecule has 1 N–H and O–H groups in total. The minimum atomic E-state index is -0.263. The van der Waals surface area contributed by atoms with Crippen LogP contribution in [0.25, 0.3) is 0 Å². The maximum atomic E-state index is 12.6. The minimum absolute atomic E-state index is 0.112. The van der Waals surface area contributed by atoms with E-state index in [2.05, 4.69) is 5.32 Å². The van der Waals surface area contributed by atoms with Gasteiger partial charge in [0.1, 0.15) is 6.10 Å². The molecule has 0 aliphatic carbocycles. The van der Waals surface area contributed by atoms with E-state index in [1.54, 1.807) is 0 Å². The van der Waals surface area contributed by atoms with Gasteiger partial charge in [-0.05, 0) is 38.3 Å². The molecule has 0 radical (unpaired) electrons. The van der Waals surface area contributed by atoms with Crippen LogP contribution in [0.3, 0.4) is 0 Å². The van der Waals surface area contributed by atoms with E-state index < -0.39 is 0 Å². The number of anilines is 2. The van der Waals surface area contributed by atoms with E-state index in [4.69, 9.17) is 4.74 Å². The van der Waals surface area contributed by atoms with Gasteiger partial charge in [-0.1, -0.05) is 12.1 Å². The number of carbonyl (C=O) groups excluding carboxylic acids is 1.